The second-order valence-electron chi connectivity index (χ2n) is 3.81. The number of hydrogen-bond donors (Lipinski definition) is 1. The van der Waals surface area contributed by atoms with Crippen LogP contribution in [-0.4, -0.2) is 37.8 Å². The monoisotopic (exact) mass is 214 g/mol. The van der Waals surface area contributed by atoms with E-state index < -0.39 is 11.5 Å². The highest BCUT2D eigenvalue weighted by Crippen LogP contribution is 2.14. The number of rotatable bonds is 7. The molecule has 0 aromatic heterocycles. The van der Waals surface area contributed by atoms with Crippen molar-refractivity contribution in [2.75, 3.05) is 6.61 Å². The van der Waals surface area contributed by atoms with Crippen molar-refractivity contribution in [1.82, 2.24) is 0 Å². The van der Waals surface area contributed by atoms with Crippen LogP contribution in [0, 0.1) is 0 Å². The summed E-state index contributed by atoms with van der Waals surface area (Å²) in [7, 11) is 0.841. The van der Waals surface area contributed by atoms with Gasteiger partial charge in [-0.25, -0.2) is 0 Å². The Morgan fingerprint density at radius 3 is 2.67 bits per heavy atom. The van der Waals surface area contributed by atoms with E-state index in [9.17, 15) is 9.59 Å². The Hall–Kier alpha value is -0.875. The first-order valence-corrected chi connectivity index (χ1v) is 4.76. The van der Waals surface area contributed by atoms with Gasteiger partial charge in [0.25, 0.3) is 5.87 Å². The van der Waals surface area contributed by atoms with E-state index in [0.717, 1.165) is 7.28 Å². The van der Waals surface area contributed by atoms with Crippen molar-refractivity contribution < 1.29 is 19.1 Å². The lowest BCUT2D eigenvalue weighted by atomic mass is 9.82. The molecule has 0 aromatic carbocycles. The number of carbonyl (C=O) groups excluding carboxylic acids is 2. The van der Waals surface area contributed by atoms with E-state index in [0.29, 0.717) is 19.2 Å². The molecule has 0 aliphatic rings. The maximum absolute atomic E-state index is 11.0. The predicted octanol–water partition coefficient (Wildman–Crippen LogP) is 0.507. The minimum atomic E-state index is -0.661. The van der Waals surface area contributed by atoms with Gasteiger partial charge in [-0.3, -0.25) is 4.79 Å². The molecule has 0 rings (SSSR count). The lowest BCUT2D eigenvalue weighted by Gasteiger charge is -2.25. The standard InChI is InChI=1S/C9H17BNO4/c1-7(11)14-5-4-9(2,3)15-8(13)10-6-12/h6-7H,4-5,11H2,1-3H3. The fourth-order valence-corrected chi connectivity index (χ4v) is 0.904. The predicted molar refractivity (Wildman–Crippen MR) is 57.3 cm³/mol. The van der Waals surface area contributed by atoms with Gasteiger partial charge in [0, 0.05) is 6.42 Å². The molecule has 0 aromatic rings. The number of hydrogen-bond acceptors (Lipinski definition) is 5. The SMILES string of the molecule is CC(N)OCCC(C)(C)OC(=O)[B]C=O. The molecule has 0 spiro atoms. The Morgan fingerprint density at radius 2 is 2.20 bits per heavy atom. The van der Waals surface area contributed by atoms with E-state index in [1.54, 1.807) is 20.8 Å². The molecule has 2 N–H and O–H groups in total. The van der Waals surface area contributed by atoms with E-state index in [2.05, 4.69) is 0 Å². The first-order chi connectivity index (χ1) is 6.87. The summed E-state index contributed by atoms with van der Waals surface area (Å²) in [4.78, 5) is 21.0. The van der Waals surface area contributed by atoms with Crippen LogP contribution in [0.2, 0.25) is 0 Å². The highest BCUT2D eigenvalue weighted by Gasteiger charge is 2.22. The smallest absolute Gasteiger partial charge is 0.343 e. The summed E-state index contributed by atoms with van der Waals surface area (Å²) in [5.74, 6) is -0.643. The van der Waals surface area contributed by atoms with Crippen LogP contribution in [0.5, 0.6) is 0 Å². The van der Waals surface area contributed by atoms with Crippen LogP contribution in [0.3, 0.4) is 0 Å². The van der Waals surface area contributed by atoms with Crippen LogP contribution in [0.1, 0.15) is 27.2 Å². The zero-order valence-corrected chi connectivity index (χ0v) is 9.36. The van der Waals surface area contributed by atoms with Crippen molar-refractivity contribution in [1.29, 1.82) is 0 Å². The zero-order chi connectivity index (χ0) is 11.9. The van der Waals surface area contributed by atoms with Gasteiger partial charge in [0.05, 0.1) is 12.8 Å². The Kier molecular flexibility index (Phi) is 6.20. The highest BCUT2D eigenvalue weighted by molar-refractivity contribution is 6.91. The van der Waals surface area contributed by atoms with Crippen molar-refractivity contribution >= 4 is 19.3 Å². The zero-order valence-electron chi connectivity index (χ0n) is 9.36. The molecule has 1 radical (unpaired) electrons. The van der Waals surface area contributed by atoms with E-state index in [1.165, 1.54) is 0 Å². The maximum Gasteiger partial charge on any atom is 0.343 e. The molecular formula is C9H17BNO4. The van der Waals surface area contributed by atoms with Gasteiger partial charge in [-0.05, 0) is 20.8 Å². The van der Waals surface area contributed by atoms with Crippen LogP contribution >= 0.6 is 0 Å². The summed E-state index contributed by atoms with van der Waals surface area (Å²) < 4.78 is 10.1. The summed E-state index contributed by atoms with van der Waals surface area (Å²) in [6.07, 6.45) is 0.585. The first kappa shape index (κ1) is 14.1. The summed E-state index contributed by atoms with van der Waals surface area (Å²) in [6, 6.07) is 0. The lowest BCUT2D eigenvalue weighted by Crippen LogP contribution is -2.32. The Bertz CT molecular complexity index is 218. The Labute approximate surface area is 90.5 Å². The molecule has 0 saturated heterocycles. The van der Waals surface area contributed by atoms with Crippen LogP contribution < -0.4 is 5.73 Å². The van der Waals surface area contributed by atoms with Crippen LogP contribution in [0.4, 0.5) is 4.79 Å². The average molecular weight is 214 g/mol. The van der Waals surface area contributed by atoms with Crippen molar-refractivity contribution in [3.63, 3.8) is 0 Å². The minimum absolute atomic E-state index is 0.335. The largest absolute Gasteiger partial charge is 0.468 e. The third-order valence-electron chi connectivity index (χ3n) is 1.67. The molecule has 0 amide bonds. The Morgan fingerprint density at radius 1 is 1.60 bits per heavy atom. The molecule has 0 fully saturated rings. The van der Waals surface area contributed by atoms with Crippen LogP contribution in [0.25, 0.3) is 0 Å². The van der Waals surface area contributed by atoms with Crippen molar-refractivity contribution in [3.05, 3.63) is 0 Å². The molecule has 85 valence electrons. The first-order valence-electron chi connectivity index (χ1n) is 4.76. The van der Waals surface area contributed by atoms with Gasteiger partial charge in [0.1, 0.15) is 11.8 Å². The van der Waals surface area contributed by atoms with E-state index in [1.807, 2.05) is 0 Å². The van der Waals surface area contributed by atoms with E-state index in [-0.39, 0.29) is 6.23 Å². The molecule has 0 saturated carbocycles. The van der Waals surface area contributed by atoms with Crippen molar-refractivity contribution in [2.24, 2.45) is 5.73 Å². The molecule has 15 heavy (non-hydrogen) atoms. The second kappa shape index (κ2) is 6.58. The molecular weight excluding hydrogens is 197 g/mol. The lowest BCUT2D eigenvalue weighted by molar-refractivity contribution is 0.00154. The minimum Gasteiger partial charge on any atom is -0.468 e. The van der Waals surface area contributed by atoms with Crippen molar-refractivity contribution in [2.45, 2.75) is 39.0 Å². The fourth-order valence-electron chi connectivity index (χ4n) is 0.904. The van der Waals surface area contributed by atoms with E-state index >= 15 is 0 Å². The van der Waals surface area contributed by atoms with Gasteiger partial charge in [-0.2, -0.15) is 0 Å². The topological polar surface area (TPSA) is 78.6 Å². The summed E-state index contributed by atoms with van der Waals surface area (Å²) in [6.45, 7) is 5.61. The Balaban J connectivity index is 3.85. The van der Waals surface area contributed by atoms with Gasteiger partial charge >= 0.3 is 7.28 Å². The molecule has 5 nitrogen and oxygen atoms in total. The van der Waals surface area contributed by atoms with Crippen LogP contribution in [0.15, 0.2) is 0 Å². The van der Waals surface area contributed by atoms with Gasteiger partial charge in [0.2, 0.25) is 0 Å². The molecule has 1 atom stereocenters. The van der Waals surface area contributed by atoms with E-state index in [4.69, 9.17) is 15.2 Å². The van der Waals surface area contributed by atoms with Gasteiger partial charge in [0.15, 0.2) is 0 Å². The highest BCUT2D eigenvalue weighted by atomic mass is 16.6. The summed E-state index contributed by atoms with van der Waals surface area (Å²) in [5, 5.41) is 0. The fraction of sp³-hybridized carbons (Fsp3) is 0.778. The third kappa shape index (κ3) is 8.14. The van der Waals surface area contributed by atoms with Gasteiger partial charge in [-0.15, -0.1) is 0 Å². The van der Waals surface area contributed by atoms with Gasteiger partial charge < -0.3 is 20.0 Å². The number of ether oxygens (including phenoxy) is 2. The normalized spacial score (nSPS) is 13.1. The molecule has 6 heteroatoms. The van der Waals surface area contributed by atoms with Gasteiger partial charge in [-0.1, -0.05) is 0 Å². The average Bonchev–Trinajstić information content (AvgIpc) is 2.01. The number of nitrogens with two attached hydrogens (primary N) is 1. The molecule has 0 aliphatic carbocycles. The molecule has 0 aliphatic heterocycles. The summed E-state index contributed by atoms with van der Waals surface area (Å²) >= 11 is 0. The quantitative estimate of drug-likeness (QED) is 0.379. The second-order valence-corrected chi connectivity index (χ2v) is 3.81. The molecule has 0 bridgehead atoms. The maximum atomic E-state index is 11.0. The van der Waals surface area contributed by atoms with Crippen LogP contribution in [-0.2, 0) is 14.3 Å². The summed E-state index contributed by atoms with van der Waals surface area (Å²) in [5.41, 5.74) is 4.73. The van der Waals surface area contributed by atoms with Crippen molar-refractivity contribution in [3.8, 4) is 0 Å². The molecule has 1 unspecified atom stereocenters. The number of carbonyl (C=O) groups is 2. The molecule has 0 heterocycles. The third-order valence-corrected chi connectivity index (χ3v) is 1.67.